The second kappa shape index (κ2) is 11.9. The summed E-state index contributed by atoms with van der Waals surface area (Å²) in [5.74, 6) is -0.625. The zero-order valence-corrected chi connectivity index (χ0v) is 20.1. The van der Waals surface area contributed by atoms with Crippen molar-refractivity contribution in [2.45, 2.75) is 44.2 Å². The van der Waals surface area contributed by atoms with Crippen LogP contribution in [-0.2, 0) is 56.0 Å². The summed E-state index contributed by atoms with van der Waals surface area (Å²) in [7, 11) is -2.72. The van der Waals surface area contributed by atoms with Gasteiger partial charge in [0.25, 0.3) is 10.1 Å². The summed E-state index contributed by atoms with van der Waals surface area (Å²) in [6.07, 6.45) is -2.59. The van der Waals surface area contributed by atoms with E-state index in [0.29, 0.717) is 0 Å². The Morgan fingerprint density at radius 1 is 1.06 bits per heavy atom. The van der Waals surface area contributed by atoms with Gasteiger partial charge in [0.2, 0.25) is 0 Å². The topological polar surface area (TPSA) is 107 Å². The lowest BCUT2D eigenvalue weighted by Gasteiger charge is -2.34. The van der Waals surface area contributed by atoms with Crippen molar-refractivity contribution in [1.29, 1.82) is 0 Å². The van der Waals surface area contributed by atoms with Gasteiger partial charge in [-0.05, 0) is 11.1 Å². The highest BCUT2D eigenvalue weighted by Gasteiger charge is 2.59. The lowest BCUT2D eigenvalue weighted by atomic mass is 9.96. The van der Waals surface area contributed by atoms with Crippen LogP contribution in [0.15, 0.2) is 60.7 Å². The molecule has 0 saturated carbocycles. The summed E-state index contributed by atoms with van der Waals surface area (Å²) >= 11 is 0. The molecule has 0 radical (unpaired) electrons. The molecule has 0 N–H and O–H groups in total. The average Bonchev–Trinajstić information content (AvgIpc) is 3.11. The number of esters is 1. The van der Waals surface area contributed by atoms with Gasteiger partial charge in [-0.2, -0.15) is 8.42 Å². The highest BCUT2D eigenvalue weighted by Crippen LogP contribution is 2.38. The van der Waals surface area contributed by atoms with Crippen LogP contribution in [0.1, 0.15) is 19.4 Å². The predicted octanol–water partition coefficient (Wildman–Crippen LogP) is 2.44. The zero-order valence-electron chi connectivity index (χ0n) is 20.3. The number of rotatable bonds is 12. The molecule has 0 aromatic heterocycles. The molecule has 186 valence electrons. The fourth-order valence-electron chi connectivity index (χ4n) is 3.58. The van der Waals surface area contributed by atoms with E-state index in [1.165, 1.54) is 14.0 Å². The van der Waals surface area contributed by atoms with Crippen LogP contribution in [0.5, 0.6) is 0 Å². The molecule has 1 heterocycles. The second-order valence-corrected chi connectivity index (χ2v) is 9.47. The minimum Gasteiger partial charge on any atom is -0.454 e. The predicted molar refractivity (Wildman–Crippen MR) is 122 cm³/mol. The van der Waals surface area contributed by atoms with Gasteiger partial charge in [0.1, 0.15) is 18.3 Å². The Labute approximate surface area is 201 Å². The first-order valence-corrected chi connectivity index (χ1v) is 12.4. The van der Waals surface area contributed by atoms with E-state index < -0.39 is 46.8 Å². The largest absolute Gasteiger partial charge is 0.454 e. The zero-order chi connectivity index (χ0) is 25.5. The van der Waals surface area contributed by atoms with E-state index in [2.05, 4.69) is 0 Å². The molecule has 2 aromatic carbocycles. The fourth-order valence-corrected chi connectivity index (χ4v) is 3.91. The van der Waals surface area contributed by atoms with Crippen molar-refractivity contribution < 1.29 is 42.5 Å². The van der Waals surface area contributed by atoms with Crippen LogP contribution in [0.4, 0.5) is 0 Å². The van der Waals surface area contributed by atoms with E-state index in [9.17, 15) is 13.2 Å². The molecule has 3 rings (SSSR count). The van der Waals surface area contributed by atoms with Gasteiger partial charge in [-0.15, -0.1) is 0 Å². The molecule has 9 nitrogen and oxygen atoms in total. The second-order valence-electron chi connectivity index (χ2n) is 7.86. The van der Waals surface area contributed by atoms with E-state index in [-0.39, 0.29) is 19.8 Å². The molecular weight excluding hydrogens is 464 g/mol. The molecule has 0 bridgehead atoms. The number of hydrogen-bond acceptors (Lipinski definition) is 9. The normalized spacial score (nSPS) is 26.1. The summed E-state index contributed by atoms with van der Waals surface area (Å²) in [5, 5.41) is 0. The van der Waals surface area contributed by atoms with Crippen LogP contribution in [0.25, 0.3) is 0 Å². The van der Waals surface area contributed by atoms with E-state index in [0.717, 1.165) is 17.4 Å². The van der Waals surface area contributed by atoms with Crippen molar-refractivity contribution in [3.8, 4) is 0 Å². The van der Waals surface area contributed by atoms with Crippen LogP contribution in [0.3, 0.4) is 0 Å². The molecule has 34 heavy (non-hydrogen) atoms. The van der Waals surface area contributed by atoms with E-state index in [1.807, 2.05) is 60.7 Å². The van der Waals surface area contributed by atoms with Crippen molar-refractivity contribution in [2.24, 2.45) is 0 Å². The third-order valence-corrected chi connectivity index (χ3v) is 5.50. The molecule has 2 unspecified atom stereocenters. The maximum Gasteiger partial charge on any atom is 0.303 e. The third kappa shape index (κ3) is 7.33. The summed E-state index contributed by atoms with van der Waals surface area (Å²) in [6.45, 7) is -0.679. The maximum atomic E-state index is 11.9. The Kier molecular flexibility index (Phi) is 8.65. The van der Waals surface area contributed by atoms with Gasteiger partial charge in [-0.1, -0.05) is 60.7 Å². The van der Waals surface area contributed by atoms with Crippen molar-refractivity contribution in [3.63, 3.8) is 0 Å². The monoisotopic (exact) mass is 495 g/mol. The molecule has 10 heteroatoms. The Bertz CT molecular complexity index is 1050. The van der Waals surface area contributed by atoms with Gasteiger partial charge >= 0.3 is 5.97 Å². The Morgan fingerprint density at radius 2 is 1.65 bits per heavy atom. The summed E-state index contributed by atoms with van der Waals surface area (Å²) in [5.41, 5.74) is -0.152. The van der Waals surface area contributed by atoms with Gasteiger partial charge in [0.15, 0.2) is 12.4 Å². The molecule has 1 aliphatic heterocycles. The summed E-state index contributed by atoms with van der Waals surface area (Å²) in [4.78, 5) is 11.9. The fraction of sp³-hybridized carbons (Fsp3) is 0.458. The lowest BCUT2D eigenvalue weighted by Crippen LogP contribution is -2.53. The van der Waals surface area contributed by atoms with Crippen molar-refractivity contribution in [3.05, 3.63) is 71.8 Å². The number of ether oxygens (including phenoxy) is 5. The Balaban J connectivity index is 1.95. The number of carbonyl (C=O) groups is 1. The lowest BCUT2D eigenvalue weighted by molar-refractivity contribution is -0.208. The molecule has 0 aliphatic carbocycles. The third-order valence-electron chi connectivity index (χ3n) is 5.05. The number of benzene rings is 2. The van der Waals surface area contributed by atoms with Crippen molar-refractivity contribution in [2.75, 3.05) is 26.6 Å². The highest BCUT2D eigenvalue weighted by atomic mass is 32.2. The quantitative estimate of drug-likeness (QED) is 0.324. The van der Waals surface area contributed by atoms with Gasteiger partial charge in [-0.3, -0.25) is 8.98 Å². The van der Waals surface area contributed by atoms with E-state index >= 15 is 0 Å². The van der Waals surface area contributed by atoms with Gasteiger partial charge in [0.05, 0.1) is 27.4 Å². The van der Waals surface area contributed by atoms with Gasteiger partial charge < -0.3 is 23.7 Å². The molecular formula is C24H30O9S. The first-order chi connectivity index (χ1) is 16.6. The SMILES string of the molecule is [2H]C(OS(C)(=O)=O)[C@]1(COCc2ccccc2)OC(OC)[C@H](OC(C)=O)[C@@H]1OCc1ccccc1. The minimum atomic E-state index is -4.06. The summed E-state index contributed by atoms with van der Waals surface area (Å²) in [6, 6.07) is 18.5. The summed E-state index contributed by atoms with van der Waals surface area (Å²) < 4.78 is 66.4. The Morgan fingerprint density at radius 3 is 2.18 bits per heavy atom. The Hall–Kier alpha value is -2.34. The molecule has 2 aromatic rings. The van der Waals surface area contributed by atoms with Crippen molar-refractivity contribution >= 4 is 16.1 Å². The average molecular weight is 496 g/mol. The first kappa shape index (κ1) is 24.8. The smallest absolute Gasteiger partial charge is 0.303 e. The van der Waals surface area contributed by atoms with Crippen LogP contribution < -0.4 is 0 Å². The van der Waals surface area contributed by atoms with Crippen LogP contribution in [0.2, 0.25) is 0 Å². The first-order valence-electron chi connectivity index (χ1n) is 11.2. The van der Waals surface area contributed by atoms with E-state index in [1.54, 1.807) is 0 Å². The van der Waals surface area contributed by atoms with Crippen LogP contribution in [-0.4, -0.2) is 65.0 Å². The molecule has 1 saturated heterocycles. The molecule has 5 atom stereocenters. The van der Waals surface area contributed by atoms with Crippen LogP contribution >= 0.6 is 0 Å². The molecule has 1 aliphatic rings. The molecule has 0 amide bonds. The minimum absolute atomic E-state index is 0.0646. The standard InChI is InChI=1S/C24H30O9S/c1-18(25)32-21-22(30-15-20-12-8-5-9-13-20)24(33-23(21)28-2,17-31-34(3,26)27)16-29-14-19-10-6-4-7-11-19/h4-13,21-23H,14-17H2,1-3H3/t21-,22+,23?,24+/m1/s1/i17D/t17?,21-,22+,23?,24+. The van der Waals surface area contributed by atoms with E-state index in [4.69, 9.17) is 29.2 Å². The number of carbonyl (C=O) groups excluding carboxylic acids is 1. The maximum absolute atomic E-state index is 11.9. The van der Waals surface area contributed by atoms with Crippen molar-refractivity contribution in [1.82, 2.24) is 0 Å². The van der Waals surface area contributed by atoms with Crippen LogP contribution in [0, 0.1) is 0 Å². The molecule has 0 spiro atoms. The molecule has 1 fully saturated rings. The number of methoxy groups -OCH3 is 1. The number of hydrogen-bond donors (Lipinski definition) is 0. The van der Waals surface area contributed by atoms with Gasteiger partial charge in [0, 0.05) is 14.0 Å². The highest BCUT2D eigenvalue weighted by molar-refractivity contribution is 7.85. The van der Waals surface area contributed by atoms with Gasteiger partial charge in [-0.25, -0.2) is 0 Å².